The molecular weight excluding hydrogens is 236 g/mol. The van der Waals surface area contributed by atoms with E-state index in [-0.39, 0.29) is 18.3 Å². The van der Waals surface area contributed by atoms with Gasteiger partial charge in [-0.3, -0.25) is 9.78 Å². The summed E-state index contributed by atoms with van der Waals surface area (Å²) in [6, 6.07) is 9.90. The number of carbonyl (C=O) groups excluding carboxylic acids is 1. The number of nitrogens with zero attached hydrogens (tertiary/aromatic N) is 1. The van der Waals surface area contributed by atoms with Crippen LogP contribution in [0, 0.1) is 0 Å². The fraction of sp³-hybridized carbons (Fsp3) is 0.0769. The van der Waals surface area contributed by atoms with Crippen molar-refractivity contribution < 1.29 is 4.79 Å². The van der Waals surface area contributed by atoms with Crippen LogP contribution in [-0.2, 0) is 11.3 Å². The van der Waals surface area contributed by atoms with E-state index in [9.17, 15) is 4.79 Å². The number of amides is 1. The molecule has 0 bridgehead atoms. The van der Waals surface area contributed by atoms with E-state index in [1.54, 1.807) is 6.20 Å². The number of benzene rings is 1. The van der Waals surface area contributed by atoms with Gasteiger partial charge in [-0.1, -0.05) is 24.8 Å². The van der Waals surface area contributed by atoms with Gasteiger partial charge in [0.15, 0.2) is 0 Å². The molecular formula is C13H13ClN2O. The molecule has 0 saturated heterocycles. The minimum Gasteiger partial charge on any atom is -0.348 e. The fourth-order valence-electron chi connectivity index (χ4n) is 1.47. The van der Waals surface area contributed by atoms with Gasteiger partial charge in [0.2, 0.25) is 5.91 Å². The molecule has 17 heavy (non-hydrogen) atoms. The quantitative estimate of drug-likeness (QED) is 0.848. The number of aromatic nitrogens is 1. The Morgan fingerprint density at radius 1 is 1.41 bits per heavy atom. The molecule has 0 aliphatic heterocycles. The molecule has 1 aromatic carbocycles. The van der Waals surface area contributed by atoms with Gasteiger partial charge in [-0.2, -0.15) is 0 Å². The molecule has 0 radical (unpaired) electrons. The fourth-order valence-corrected chi connectivity index (χ4v) is 1.47. The number of pyridine rings is 1. The molecule has 0 atom stereocenters. The van der Waals surface area contributed by atoms with Gasteiger partial charge in [0.05, 0.1) is 5.52 Å². The predicted molar refractivity (Wildman–Crippen MR) is 71.0 cm³/mol. The van der Waals surface area contributed by atoms with Crippen molar-refractivity contribution in [3.63, 3.8) is 0 Å². The number of fused-ring (bicyclic) bond motifs is 1. The number of halogens is 1. The maximum absolute atomic E-state index is 11.0. The molecule has 0 aliphatic carbocycles. The van der Waals surface area contributed by atoms with E-state index in [0.717, 1.165) is 16.5 Å². The van der Waals surface area contributed by atoms with Gasteiger partial charge in [-0.15, -0.1) is 12.4 Å². The Labute approximate surface area is 106 Å². The summed E-state index contributed by atoms with van der Waals surface area (Å²) in [5.74, 6) is -0.173. The summed E-state index contributed by atoms with van der Waals surface area (Å²) in [5.41, 5.74) is 1.94. The van der Waals surface area contributed by atoms with Crippen molar-refractivity contribution in [2.45, 2.75) is 6.54 Å². The molecule has 4 heteroatoms. The molecule has 3 nitrogen and oxygen atoms in total. The lowest BCUT2D eigenvalue weighted by Gasteiger charge is -2.03. The minimum atomic E-state index is -0.173. The van der Waals surface area contributed by atoms with Crippen LogP contribution in [0.4, 0.5) is 0 Å². The van der Waals surface area contributed by atoms with E-state index in [1.165, 1.54) is 6.08 Å². The van der Waals surface area contributed by atoms with E-state index in [4.69, 9.17) is 0 Å². The molecule has 1 aromatic heterocycles. The lowest BCUT2D eigenvalue weighted by atomic mass is 10.1. The normalized spacial score (nSPS) is 9.41. The molecule has 1 heterocycles. The van der Waals surface area contributed by atoms with E-state index < -0.39 is 0 Å². The number of hydrogen-bond donors (Lipinski definition) is 1. The molecule has 88 valence electrons. The van der Waals surface area contributed by atoms with Gasteiger partial charge >= 0.3 is 0 Å². The standard InChI is InChI=1S/C13H12N2O.ClH/c1-2-13(16)15-9-10-7-11-5-3-4-6-12(11)14-8-10;/h2-8H,1,9H2,(H,15,16);1H. The second-order valence-electron chi connectivity index (χ2n) is 3.46. The molecule has 0 spiro atoms. The first kappa shape index (κ1) is 13.2. The average Bonchev–Trinajstić information content (AvgIpc) is 2.35. The van der Waals surface area contributed by atoms with Gasteiger partial charge in [-0.05, 0) is 23.8 Å². The van der Waals surface area contributed by atoms with Crippen molar-refractivity contribution in [3.8, 4) is 0 Å². The second kappa shape index (κ2) is 6.01. The third-order valence-electron chi connectivity index (χ3n) is 2.30. The van der Waals surface area contributed by atoms with E-state index in [0.29, 0.717) is 6.54 Å². The van der Waals surface area contributed by atoms with Crippen molar-refractivity contribution >= 4 is 29.2 Å². The lowest BCUT2D eigenvalue weighted by molar-refractivity contribution is -0.116. The summed E-state index contributed by atoms with van der Waals surface area (Å²) in [5, 5.41) is 3.79. The van der Waals surface area contributed by atoms with Crippen LogP contribution in [0.5, 0.6) is 0 Å². The van der Waals surface area contributed by atoms with Crippen molar-refractivity contribution in [1.29, 1.82) is 0 Å². The summed E-state index contributed by atoms with van der Waals surface area (Å²) in [4.78, 5) is 15.3. The molecule has 2 aromatic rings. The highest BCUT2D eigenvalue weighted by molar-refractivity contribution is 5.87. The first-order valence-electron chi connectivity index (χ1n) is 5.03. The summed E-state index contributed by atoms with van der Waals surface area (Å²) in [6.07, 6.45) is 3.03. The monoisotopic (exact) mass is 248 g/mol. The number of rotatable bonds is 3. The average molecular weight is 249 g/mol. The summed E-state index contributed by atoms with van der Waals surface area (Å²) in [7, 11) is 0. The Morgan fingerprint density at radius 3 is 2.94 bits per heavy atom. The summed E-state index contributed by atoms with van der Waals surface area (Å²) < 4.78 is 0. The summed E-state index contributed by atoms with van der Waals surface area (Å²) >= 11 is 0. The van der Waals surface area contributed by atoms with Crippen molar-refractivity contribution in [3.05, 3.63) is 54.7 Å². The SMILES string of the molecule is C=CC(=O)NCc1cnc2ccccc2c1.Cl. The molecule has 2 rings (SSSR count). The van der Waals surface area contributed by atoms with Crippen LogP contribution in [0.25, 0.3) is 10.9 Å². The Morgan fingerprint density at radius 2 is 2.18 bits per heavy atom. The first-order valence-corrected chi connectivity index (χ1v) is 5.03. The number of para-hydroxylation sites is 1. The lowest BCUT2D eigenvalue weighted by Crippen LogP contribution is -2.19. The molecule has 0 aliphatic rings. The van der Waals surface area contributed by atoms with Crippen molar-refractivity contribution in [1.82, 2.24) is 10.3 Å². The zero-order valence-electron chi connectivity index (χ0n) is 9.22. The third kappa shape index (κ3) is 3.29. The highest BCUT2D eigenvalue weighted by Crippen LogP contribution is 2.12. The predicted octanol–water partition coefficient (Wildman–Crippen LogP) is 2.46. The minimum absolute atomic E-state index is 0. The molecule has 1 amide bonds. The number of carbonyl (C=O) groups is 1. The molecule has 0 unspecified atom stereocenters. The summed E-state index contributed by atoms with van der Waals surface area (Å²) in [6.45, 7) is 3.87. The van der Waals surface area contributed by atoms with E-state index in [2.05, 4.69) is 16.9 Å². The van der Waals surface area contributed by atoms with Crippen molar-refractivity contribution in [2.75, 3.05) is 0 Å². The smallest absolute Gasteiger partial charge is 0.243 e. The molecule has 1 N–H and O–H groups in total. The molecule has 0 saturated carbocycles. The number of hydrogen-bond acceptors (Lipinski definition) is 2. The highest BCUT2D eigenvalue weighted by Gasteiger charge is 1.98. The third-order valence-corrected chi connectivity index (χ3v) is 2.30. The zero-order chi connectivity index (χ0) is 11.4. The van der Waals surface area contributed by atoms with Crippen molar-refractivity contribution in [2.24, 2.45) is 0 Å². The van der Waals surface area contributed by atoms with Gasteiger partial charge in [0, 0.05) is 18.1 Å². The Hall–Kier alpha value is -1.87. The maximum atomic E-state index is 11.0. The van der Waals surface area contributed by atoms with Gasteiger partial charge in [0.25, 0.3) is 0 Å². The van der Waals surface area contributed by atoms with Gasteiger partial charge in [-0.25, -0.2) is 0 Å². The highest BCUT2D eigenvalue weighted by atomic mass is 35.5. The van der Waals surface area contributed by atoms with Crippen LogP contribution in [0.15, 0.2) is 49.2 Å². The van der Waals surface area contributed by atoms with E-state index in [1.807, 2.05) is 30.3 Å². The maximum Gasteiger partial charge on any atom is 0.243 e. The van der Waals surface area contributed by atoms with Crippen LogP contribution >= 0.6 is 12.4 Å². The van der Waals surface area contributed by atoms with Crippen LogP contribution < -0.4 is 5.32 Å². The van der Waals surface area contributed by atoms with Gasteiger partial charge in [0.1, 0.15) is 0 Å². The number of nitrogens with one attached hydrogen (secondary N) is 1. The Balaban J connectivity index is 0.00000144. The van der Waals surface area contributed by atoms with E-state index >= 15 is 0 Å². The van der Waals surface area contributed by atoms with Crippen LogP contribution in [-0.4, -0.2) is 10.9 Å². The molecule has 0 fully saturated rings. The van der Waals surface area contributed by atoms with Crippen LogP contribution in [0.1, 0.15) is 5.56 Å². The van der Waals surface area contributed by atoms with Crippen LogP contribution in [0.2, 0.25) is 0 Å². The largest absolute Gasteiger partial charge is 0.348 e. The zero-order valence-corrected chi connectivity index (χ0v) is 10.0. The Bertz CT molecular complexity index is 540. The second-order valence-corrected chi connectivity index (χ2v) is 3.46. The first-order chi connectivity index (χ1) is 7.79. The Kier molecular flexibility index (Phi) is 4.67. The van der Waals surface area contributed by atoms with Crippen LogP contribution in [0.3, 0.4) is 0 Å². The topological polar surface area (TPSA) is 42.0 Å². The van der Waals surface area contributed by atoms with Gasteiger partial charge < -0.3 is 5.32 Å².